The van der Waals surface area contributed by atoms with Crippen LogP contribution < -0.4 is 11.1 Å². The van der Waals surface area contributed by atoms with E-state index >= 15 is 0 Å². The quantitative estimate of drug-likeness (QED) is 0.205. The zero-order valence-electron chi connectivity index (χ0n) is 21.4. The first-order valence-corrected chi connectivity index (χ1v) is 12.7. The number of carbonyl (C=O) groups is 2. The molecule has 0 spiro atoms. The van der Waals surface area contributed by atoms with Crippen LogP contribution >= 0.6 is 11.6 Å². The van der Waals surface area contributed by atoms with E-state index in [0.29, 0.717) is 41.3 Å². The second kappa shape index (κ2) is 10.7. The molecule has 2 heterocycles. The molecule has 0 aliphatic heterocycles. The van der Waals surface area contributed by atoms with E-state index in [4.69, 9.17) is 17.3 Å². The van der Waals surface area contributed by atoms with Crippen LogP contribution in [0.15, 0.2) is 42.5 Å². The molecular formula is C29H31ClN4O3. The molecule has 4 N–H and O–H groups in total. The number of aryl methyl sites for hydroxylation is 4. The van der Waals surface area contributed by atoms with Gasteiger partial charge in [-0.2, -0.15) is 0 Å². The molecule has 0 aliphatic rings. The lowest BCUT2D eigenvalue weighted by Crippen LogP contribution is -2.41. The molecule has 0 aliphatic carbocycles. The molecular weight excluding hydrogens is 488 g/mol. The Morgan fingerprint density at radius 1 is 1.00 bits per heavy atom. The topological polar surface area (TPSA) is 118 Å². The Labute approximate surface area is 221 Å². The highest BCUT2D eigenvalue weighted by Crippen LogP contribution is 2.31. The van der Waals surface area contributed by atoms with Crippen molar-refractivity contribution in [3.05, 3.63) is 75.4 Å². The van der Waals surface area contributed by atoms with E-state index in [9.17, 15) is 14.7 Å². The average Bonchev–Trinajstić information content (AvgIpc) is 2.82. The van der Waals surface area contributed by atoms with Gasteiger partial charge in [0.05, 0.1) is 5.52 Å². The van der Waals surface area contributed by atoms with Gasteiger partial charge in [-0.3, -0.25) is 4.79 Å². The van der Waals surface area contributed by atoms with Crippen molar-refractivity contribution in [2.75, 3.05) is 5.73 Å². The molecule has 0 saturated heterocycles. The number of carboxylic acid groups (broad SMARTS) is 1. The van der Waals surface area contributed by atoms with Gasteiger partial charge in [0.25, 0.3) is 5.91 Å². The first kappa shape index (κ1) is 26.4. The number of aromatic nitrogens is 2. The molecule has 8 heteroatoms. The Balaban J connectivity index is 1.55. The van der Waals surface area contributed by atoms with Gasteiger partial charge in [0.2, 0.25) is 0 Å². The van der Waals surface area contributed by atoms with Crippen LogP contribution in [0.25, 0.3) is 21.8 Å². The minimum Gasteiger partial charge on any atom is -0.480 e. The zero-order chi connectivity index (χ0) is 26.9. The van der Waals surface area contributed by atoms with Crippen LogP contribution in [0.2, 0.25) is 5.15 Å². The Hall–Kier alpha value is -3.71. The van der Waals surface area contributed by atoms with Gasteiger partial charge in [-0.15, -0.1) is 0 Å². The zero-order valence-corrected chi connectivity index (χ0v) is 22.2. The fourth-order valence-electron chi connectivity index (χ4n) is 4.57. The standard InChI is InChI=1S/C29H31ClN4O3/c1-15(2)11-24(29(36)37)33-28(35)20-9-7-18(17(4)13-20)6-8-19-14-22-21-10-5-16(3)12-23(21)32-27(31)25(22)34-26(19)30/h5,7,9-10,12-15,24H,6,8,11H2,1-4H3,(H2,31,32)(H,33,35)(H,36,37)/t24-/m0/s1. The summed E-state index contributed by atoms with van der Waals surface area (Å²) in [6.45, 7) is 7.80. The van der Waals surface area contributed by atoms with Crippen molar-refractivity contribution < 1.29 is 14.7 Å². The van der Waals surface area contributed by atoms with Crippen LogP contribution in [-0.2, 0) is 17.6 Å². The molecule has 2 aromatic carbocycles. The lowest BCUT2D eigenvalue weighted by molar-refractivity contribution is -0.139. The van der Waals surface area contributed by atoms with E-state index in [1.165, 1.54) is 0 Å². The highest BCUT2D eigenvalue weighted by atomic mass is 35.5. The van der Waals surface area contributed by atoms with Crippen LogP contribution in [0.3, 0.4) is 0 Å². The monoisotopic (exact) mass is 518 g/mol. The summed E-state index contributed by atoms with van der Waals surface area (Å²) in [6, 6.07) is 12.6. The van der Waals surface area contributed by atoms with Crippen molar-refractivity contribution in [2.45, 2.75) is 53.0 Å². The molecule has 2 aromatic heterocycles. The van der Waals surface area contributed by atoms with Crippen LogP contribution in [0.5, 0.6) is 0 Å². The summed E-state index contributed by atoms with van der Waals surface area (Å²) >= 11 is 6.54. The number of carbonyl (C=O) groups excluding carboxylic acids is 1. The second-order valence-electron chi connectivity index (χ2n) is 9.99. The number of fused-ring (bicyclic) bond motifs is 3. The van der Waals surface area contributed by atoms with E-state index in [1.807, 2.05) is 58.0 Å². The molecule has 0 radical (unpaired) electrons. The number of nitrogen functional groups attached to an aromatic ring is 1. The third kappa shape index (κ3) is 5.83. The van der Waals surface area contributed by atoms with Crippen molar-refractivity contribution >= 4 is 51.1 Å². The maximum Gasteiger partial charge on any atom is 0.326 e. The van der Waals surface area contributed by atoms with Gasteiger partial charge in [-0.05, 0) is 85.5 Å². The number of hydrogen-bond donors (Lipinski definition) is 3. The molecule has 4 rings (SSSR count). The summed E-state index contributed by atoms with van der Waals surface area (Å²) in [5.41, 5.74) is 12.1. The molecule has 37 heavy (non-hydrogen) atoms. The van der Waals surface area contributed by atoms with E-state index in [-0.39, 0.29) is 5.92 Å². The number of nitrogens with one attached hydrogen (secondary N) is 1. The third-order valence-electron chi connectivity index (χ3n) is 6.55. The van der Waals surface area contributed by atoms with Crippen molar-refractivity contribution in [1.29, 1.82) is 0 Å². The Bertz CT molecular complexity index is 1520. The Kier molecular flexibility index (Phi) is 7.64. The van der Waals surface area contributed by atoms with Crippen molar-refractivity contribution in [3.63, 3.8) is 0 Å². The maximum absolute atomic E-state index is 12.7. The number of amides is 1. The summed E-state index contributed by atoms with van der Waals surface area (Å²) in [5, 5.41) is 14.4. The number of carboxylic acids is 1. The van der Waals surface area contributed by atoms with Gasteiger partial charge in [0.1, 0.15) is 16.7 Å². The van der Waals surface area contributed by atoms with Crippen LogP contribution in [0.4, 0.5) is 5.82 Å². The largest absolute Gasteiger partial charge is 0.480 e. The number of pyridine rings is 2. The van der Waals surface area contributed by atoms with Crippen LogP contribution in [0.1, 0.15) is 52.9 Å². The van der Waals surface area contributed by atoms with E-state index < -0.39 is 17.9 Å². The molecule has 7 nitrogen and oxygen atoms in total. The number of nitrogens with zero attached hydrogens (tertiary/aromatic N) is 2. The van der Waals surface area contributed by atoms with Gasteiger partial charge in [0, 0.05) is 16.3 Å². The average molecular weight is 519 g/mol. The first-order chi connectivity index (χ1) is 17.5. The highest BCUT2D eigenvalue weighted by molar-refractivity contribution is 6.31. The van der Waals surface area contributed by atoms with Gasteiger partial charge in [-0.25, -0.2) is 14.8 Å². The molecule has 0 unspecified atom stereocenters. The Morgan fingerprint density at radius 3 is 2.41 bits per heavy atom. The predicted molar refractivity (Wildman–Crippen MR) is 148 cm³/mol. The second-order valence-corrected chi connectivity index (χ2v) is 10.3. The number of benzene rings is 2. The fourth-order valence-corrected chi connectivity index (χ4v) is 4.81. The van der Waals surface area contributed by atoms with Crippen LogP contribution in [0, 0.1) is 19.8 Å². The first-order valence-electron chi connectivity index (χ1n) is 12.3. The van der Waals surface area contributed by atoms with Gasteiger partial charge in [0.15, 0.2) is 5.82 Å². The predicted octanol–water partition coefficient (Wildman–Crippen LogP) is 5.65. The van der Waals surface area contributed by atoms with E-state index in [2.05, 4.69) is 15.3 Å². The van der Waals surface area contributed by atoms with Gasteiger partial charge in [-0.1, -0.05) is 43.6 Å². The number of hydrogen-bond acceptors (Lipinski definition) is 5. The van der Waals surface area contributed by atoms with Crippen molar-refractivity contribution in [2.24, 2.45) is 5.92 Å². The normalized spacial score (nSPS) is 12.3. The summed E-state index contributed by atoms with van der Waals surface area (Å²) in [6.07, 6.45) is 1.72. The molecule has 4 aromatic rings. The smallest absolute Gasteiger partial charge is 0.326 e. The lowest BCUT2D eigenvalue weighted by Gasteiger charge is -2.17. The number of rotatable bonds is 8. The number of halogens is 1. The van der Waals surface area contributed by atoms with E-state index in [1.54, 1.807) is 12.1 Å². The summed E-state index contributed by atoms with van der Waals surface area (Å²) in [5.74, 6) is -0.920. The molecule has 192 valence electrons. The molecule has 0 bridgehead atoms. The number of aliphatic carboxylic acids is 1. The van der Waals surface area contributed by atoms with Crippen molar-refractivity contribution in [1.82, 2.24) is 15.3 Å². The van der Waals surface area contributed by atoms with Crippen LogP contribution in [-0.4, -0.2) is 33.0 Å². The fraction of sp³-hybridized carbons (Fsp3) is 0.310. The lowest BCUT2D eigenvalue weighted by atomic mass is 9.97. The summed E-state index contributed by atoms with van der Waals surface area (Å²) in [4.78, 5) is 33.3. The van der Waals surface area contributed by atoms with Crippen molar-refractivity contribution in [3.8, 4) is 0 Å². The molecule has 1 amide bonds. The highest BCUT2D eigenvalue weighted by Gasteiger charge is 2.22. The maximum atomic E-state index is 12.7. The molecule has 1 atom stereocenters. The number of nitrogens with two attached hydrogens (primary N) is 1. The minimum absolute atomic E-state index is 0.150. The van der Waals surface area contributed by atoms with E-state index in [0.717, 1.165) is 38.5 Å². The Morgan fingerprint density at radius 2 is 1.73 bits per heavy atom. The minimum atomic E-state index is -1.03. The molecule has 0 saturated carbocycles. The van der Waals surface area contributed by atoms with Gasteiger partial charge >= 0.3 is 5.97 Å². The SMILES string of the molecule is Cc1ccc2c(c1)nc(N)c1nc(Cl)c(CCc3ccc(C(=O)N[C@@H](CC(C)C)C(=O)O)cc3C)cc12. The third-order valence-corrected chi connectivity index (χ3v) is 6.88. The summed E-state index contributed by atoms with van der Waals surface area (Å²) < 4.78 is 0. The molecule has 0 fully saturated rings. The van der Waals surface area contributed by atoms with Gasteiger partial charge < -0.3 is 16.2 Å². The summed E-state index contributed by atoms with van der Waals surface area (Å²) in [7, 11) is 0. The number of anilines is 1.